The fraction of sp³-hybridized carbons (Fsp3) is 0.545. The Morgan fingerprint density at radius 1 is 1.14 bits per heavy atom. The summed E-state index contributed by atoms with van der Waals surface area (Å²) in [7, 11) is 0. The van der Waals surface area contributed by atoms with Crippen molar-refractivity contribution in [3.05, 3.63) is 47.4 Å². The van der Waals surface area contributed by atoms with Gasteiger partial charge in [0.2, 0.25) is 11.8 Å². The lowest BCUT2D eigenvalue weighted by Crippen LogP contribution is -2.39. The smallest absolute Gasteiger partial charge is 0.224 e. The third-order valence-electron chi connectivity index (χ3n) is 5.74. The van der Waals surface area contributed by atoms with Crippen LogP contribution in [0.2, 0.25) is 0 Å². The molecule has 4 rings (SSSR count). The van der Waals surface area contributed by atoms with E-state index in [4.69, 9.17) is 4.42 Å². The van der Waals surface area contributed by atoms with Gasteiger partial charge in [-0.25, -0.2) is 4.98 Å². The number of likely N-dealkylation sites (tertiary alicyclic amines) is 1. The summed E-state index contributed by atoms with van der Waals surface area (Å²) in [5, 5.41) is 0. The monoisotopic (exact) mass is 396 g/mol. The highest BCUT2D eigenvalue weighted by Crippen LogP contribution is 2.21. The van der Waals surface area contributed by atoms with E-state index in [0.29, 0.717) is 38.9 Å². The van der Waals surface area contributed by atoms with Gasteiger partial charge in [0.05, 0.1) is 6.54 Å². The molecule has 2 aliphatic rings. The van der Waals surface area contributed by atoms with Crippen molar-refractivity contribution in [1.29, 1.82) is 0 Å². The summed E-state index contributed by atoms with van der Waals surface area (Å²) in [5.41, 5.74) is 2.03. The maximum Gasteiger partial charge on any atom is 0.224 e. The van der Waals surface area contributed by atoms with E-state index in [1.165, 1.54) is 0 Å². The quantitative estimate of drug-likeness (QED) is 0.750. The van der Waals surface area contributed by atoms with Gasteiger partial charge in [-0.15, -0.1) is 0 Å². The summed E-state index contributed by atoms with van der Waals surface area (Å²) in [6.45, 7) is 2.45. The minimum Gasteiger partial charge on any atom is -0.445 e. The molecule has 0 radical (unpaired) electrons. The summed E-state index contributed by atoms with van der Waals surface area (Å²) in [4.78, 5) is 37.3. The zero-order valence-corrected chi connectivity index (χ0v) is 16.8. The number of carbonyl (C=O) groups is 2. The normalized spacial score (nSPS) is 17.2. The number of nitrogens with zero attached hydrogens (tertiary/aromatic N) is 4. The fourth-order valence-electron chi connectivity index (χ4n) is 4.03. The number of hydrogen-bond acceptors (Lipinski definition) is 5. The second kappa shape index (κ2) is 9.20. The first-order chi connectivity index (χ1) is 14.2. The highest BCUT2D eigenvalue weighted by molar-refractivity contribution is 5.79. The summed E-state index contributed by atoms with van der Waals surface area (Å²) in [6, 6.07) is 3.98. The van der Waals surface area contributed by atoms with E-state index in [1.54, 1.807) is 6.20 Å². The number of oxazole rings is 1. The standard InChI is InChI=1S/C22H28N4O3/c27-21-6-2-1-3-12-25(21)14-10-22(28)26-13-9-19-18(16-26)24-20(29-19)8-7-17-5-4-11-23-15-17/h4-5,11,15H,1-3,6-10,12-14,16H2. The molecule has 2 aromatic heterocycles. The number of amides is 2. The maximum absolute atomic E-state index is 12.7. The van der Waals surface area contributed by atoms with Gasteiger partial charge in [0.15, 0.2) is 5.89 Å². The van der Waals surface area contributed by atoms with E-state index >= 15 is 0 Å². The van der Waals surface area contributed by atoms with Gasteiger partial charge in [0, 0.05) is 57.7 Å². The van der Waals surface area contributed by atoms with E-state index in [-0.39, 0.29) is 11.8 Å². The molecular weight excluding hydrogens is 368 g/mol. The van der Waals surface area contributed by atoms with E-state index in [2.05, 4.69) is 9.97 Å². The molecule has 2 aromatic rings. The van der Waals surface area contributed by atoms with Crippen LogP contribution in [0, 0.1) is 0 Å². The molecule has 1 fully saturated rings. The van der Waals surface area contributed by atoms with Crippen LogP contribution in [0.1, 0.15) is 55.0 Å². The van der Waals surface area contributed by atoms with Gasteiger partial charge in [-0.2, -0.15) is 0 Å². The van der Waals surface area contributed by atoms with E-state index in [0.717, 1.165) is 61.6 Å². The van der Waals surface area contributed by atoms with E-state index in [9.17, 15) is 9.59 Å². The first kappa shape index (κ1) is 19.6. The van der Waals surface area contributed by atoms with Gasteiger partial charge in [0.25, 0.3) is 0 Å². The molecule has 0 atom stereocenters. The minimum absolute atomic E-state index is 0.0904. The van der Waals surface area contributed by atoms with E-state index < -0.39 is 0 Å². The van der Waals surface area contributed by atoms with Crippen LogP contribution in [0.25, 0.3) is 0 Å². The highest BCUT2D eigenvalue weighted by Gasteiger charge is 2.26. The second-order valence-corrected chi connectivity index (χ2v) is 7.85. The number of fused-ring (bicyclic) bond motifs is 1. The Morgan fingerprint density at radius 2 is 2.07 bits per heavy atom. The van der Waals surface area contributed by atoms with Crippen LogP contribution in [0.4, 0.5) is 0 Å². The maximum atomic E-state index is 12.7. The summed E-state index contributed by atoms with van der Waals surface area (Å²) >= 11 is 0. The molecule has 4 heterocycles. The molecule has 0 aliphatic carbocycles. The molecule has 29 heavy (non-hydrogen) atoms. The number of hydrogen-bond donors (Lipinski definition) is 0. The molecule has 0 saturated carbocycles. The molecule has 7 nitrogen and oxygen atoms in total. The Morgan fingerprint density at radius 3 is 2.93 bits per heavy atom. The lowest BCUT2D eigenvalue weighted by atomic mass is 10.1. The Kier molecular flexibility index (Phi) is 6.22. The first-order valence-electron chi connectivity index (χ1n) is 10.6. The average molecular weight is 396 g/mol. The molecular formula is C22H28N4O3. The largest absolute Gasteiger partial charge is 0.445 e. The van der Waals surface area contributed by atoms with Gasteiger partial charge in [0.1, 0.15) is 11.5 Å². The minimum atomic E-state index is 0.0904. The molecule has 1 saturated heterocycles. The van der Waals surface area contributed by atoms with Crippen molar-refractivity contribution in [2.45, 2.75) is 57.9 Å². The van der Waals surface area contributed by atoms with Crippen LogP contribution in [0.15, 0.2) is 28.9 Å². The Bertz CT molecular complexity index is 849. The summed E-state index contributed by atoms with van der Waals surface area (Å²) in [5.74, 6) is 1.90. The average Bonchev–Trinajstić information content (AvgIpc) is 3.05. The van der Waals surface area contributed by atoms with Crippen molar-refractivity contribution in [1.82, 2.24) is 19.8 Å². The Hall–Kier alpha value is -2.70. The van der Waals surface area contributed by atoms with Crippen molar-refractivity contribution >= 4 is 11.8 Å². The molecule has 0 spiro atoms. The number of carbonyl (C=O) groups excluding carboxylic acids is 2. The van der Waals surface area contributed by atoms with Crippen molar-refractivity contribution in [2.75, 3.05) is 19.6 Å². The zero-order chi connectivity index (χ0) is 20.1. The van der Waals surface area contributed by atoms with E-state index in [1.807, 2.05) is 28.1 Å². The highest BCUT2D eigenvalue weighted by atomic mass is 16.4. The number of pyridine rings is 1. The van der Waals surface area contributed by atoms with Crippen molar-refractivity contribution < 1.29 is 14.0 Å². The number of aryl methyl sites for hydroxylation is 2. The first-order valence-corrected chi connectivity index (χ1v) is 10.6. The lowest BCUT2D eigenvalue weighted by molar-refractivity contribution is -0.134. The molecule has 0 N–H and O–H groups in total. The van der Waals surface area contributed by atoms with Crippen LogP contribution in [0.3, 0.4) is 0 Å². The van der Waals surface area contributed by atoms with Gasteiger partial charge >= 0.3 is 0 Å². The topological polar surface area (TPSA) is 79.5 Å². The zero-order valence-electron chi connectivity index (χ0n) is 16.8. The summed E-state index contributed by atoms with van der Waals surface area (Å²) < 4.78 is 5.92. The van der Waals surface area contributed by atoms with Gasteiger partial charge in [-0.3, -0.25) is 14.6 Å². The van der Waals surface area contributed by atoms with Crippen LogP contribution in [-0.2, 0) is 35.4 Å². The van der Waals surface area contributed by atoms with Crippen LogP contribution < -0.4 is 0 Å². The second-order valence-electron chi connectivity index (χ2n) is 7.85. The van der Waals surface area contributed by atoms with Gasteiger partial charge in [-0.05, 0) is 30.9 Å². The number of rotatable bonds is 6. The van der Waals surface area contributed by atoms with Gasteiger partial charge < -0.3 is 14.2 Å². The predicted octanol–water partition coefficient (Wildman–Crippen LogP) is 2.53. The predicted molar refractivity (Wildman–Crippen MR) is 107 cm³/mol. The molecule has 154 valence electrons. The van der Waals surface area contributed by atoms with Crippen molar-refractivity contribution in [2.24, 2.45) is 0 Å². The molecule has 0 aromatic carbocycles. The SMILES string of the molecule is O=C1CCCCCN1CCC(=O)N1CCc2oc(CCc3cccnc3)nc2C1. The summed E-state index contributed by atoms with van der Waals surface area (Å²) in [6.07, 6.45) is 9.98. The molecule has 0 unspecified atom stereocenters. The van der Waals surface area contributed by atoms with Crippen LogP contribution in [0.5, 0.6) is 0 Å². The fourth-order valence-corrected chi connectivity index (χ4v) is 4.03. The third-order valence-corrected chi connectivity index (χ3v) is 5.74. The Labute approximate surface area is 171 Å². The van der Waals surface area contributed by atoms with Gasteiger partial charge in [-0.1, -0.05) is 12.5 Å². The molecule has 0 bridgehead atoms. The van der Waals surface area contributed by atoms with Crippen LogP contribution in [-0.4, -0.2) is 51.2 Å². The molecule has 7 heteroatoms. The van der Waals surface area contributed by atoms with Crippen molar-refractivity contribution in [3.63, 3.8) is 0 Å². The van der Waals surface area contributed by atoms with Crippen LogP contribution >= 0.6 is 0 Å². The van der Waals surface area contributed by atoms with Crippen molar-refractivity contribution in [3.8, 4) is 0 Å². The molecule has 2 amide bonds. The third kappa shape index (κ3) is 5.02. The lowest BCUT2D eigenvalue weighted by Gasteiger charge is -2.27. The Balaban J connectivity index is 1.29. The molecule has 2 aliphatic heterocycles. The number of aromatic nitrogens is 2.